The number of aromatic hydroxyl groups is 1. The first-order chi connectivity index (χ1) is 11.8. The Bertz CT molecular complexity index is 900. The predicted molar refractivity (Wildman–Crippen MR) is 104 cm³/mol. The fourth-order valence-electron chi connectivity index (χ4n) is 2.25. The zero-order valence-electron chi connectivity index (χ0n) is 12.5. The summed E-state index contributed by atoms with van der Waals surface area (Å²) >= 11 is 15.8. The molecule has 1 aliphatic rings. The van der Waals surface area contributed by atoms with Gasteiger partial charge in [0.15, 0.2) is 0 Å². The van der Waals surface area contributed by atoms with Gasteiger partial charge in [-0.15, -0.1) is 0 Å². The van der Waals surface area contributed by atoms with E-state index in [9.17, 15) is 14.7 Å². The molecule has 1 N–H and O–H groups in total. The normalized spacial score (nSPS) is 16.1. The van der Waals surface area contributed by atoms with Gasteiger partial charge >= 0.3 is 0 Å². The zero-order valence-corrected chi connectivity index (χ0v) is 16.4. The molecule has 128 valence electrons. The van der Waals surface area contributed by atoms with Gasteiger partial charge in [0.2, 0.25) is 0 Å². The Balaban J connectivity index is 1.87. The van der Waals surface area contributed by atoms with E-state index in [0.29, 0.717) is 20.1 Å². The van der Waals surface area contributed by atoms with Crippen LogP contribution < -0.4 is 0 Å². The van der Waals surface area contributed by atoms with Crippen molar-refractivity contribution >= 4 is 68.1 Å². The summed E-state index contributed by atoms with van der Waals surface area (Å²) < 4.78 is 0.409. The first-order valence-corrected chi connectivity index (χ1v) is 9.39. The lowest BCUT2D eigenvalue weighted by molar-refractivity contribution is -0.123. The Morgan fingerprint density at radius 2 is 1.80 bits per heavy atom. The van der Waals surface area contributed by atoms with E-state index in [4.69, 9.17) is 23.2 Å². The van der Waals surface area contributed by atoms with E-state index in [0.717, 1.165) is 22.2 Å². The summed E-state index contributed by atoms with van der Waals surface area (Å²) in [5, 5.41) is 10.7. The summed E-state index contributed by atoms with van der Waals surface area (Å²) in [5.74, 6) is -0.464. The fourth-order valence-corrected chi connectivity index (χ4v) is 4.03. The van der Waals surface area contributed by atoms with Crippen LogP contribution in [-0.4, -0.2) is 21.2 Å². The minimum absolute atomic E-state index is 0.0473. The lowest BCUT2D eigenvalue weighted by Crippen LogP contribution is -2.27. The van der Waals surface area contributed by atoms with Gasteiger partial charge in [0, 0.05) is 15.6 Å². The molecule has 0 saturated carbocycles. The van der Waals surface area contributed by atoms with Crippen LogP contribution in [0, 0.1) is 0 Å². The Hall–Kier alpha value is -1.47. The molecule has 0 spiro atoms. The maximum atomic E-state index is 12.5. The van der Waals surface area contributed by atoms with E-state index >= 15 is 0 Å². The molecule has 1 fully saturated rings. The van der Waals surface area contributed by atoms with Crippen molar-refractivity contribution in [2.45, 2.75) is 6.54 Å². The maximum Gasteiger partial charge on any atom is 0.293 e. The molecule has 0 aromatic heterocycles. The van der Waals surface area contributed by atoms with Crippen molar-refractivity contribution < 1.29 is 14.7 Å². The Labute approximate surface area is 166 Å². The van der Waals surface area contributed by atoms with E-state index in [1.807, 2.05) is 0 Å². The quantitative estimate of drug-likeness (QED) is 0.599. The highest BCUT2D eigenvalue weighted by atomic mass is 79.9. The monoisotopic (exact) mass is 457 g/mol. The average Bonchev–Trinajstić information content (AvgIpc) is 2.81. The van der Waals surface area contributed by atoms with Crippen LogP contribution in [0.15, 0.2) is 45.8 Å². The van der Waals surface area contributed by atoms with Crippen molar-refractivity contribution in [2.75, 3.05) is 0 Å². The van der Waals surface area contributed by atoms with E-state index in [1.54, 1.807) is 30.3 Å². The van der Waals surface area contributed by atoms with E-state index < -0.39 is 5.91 Å². The number of amides is 2. The minimum Gasteiger partial charge on any atom is -0.506 e. The number of benzene rings is 2. The highest BCUT2D eigenvalue weighted by molar-refractivity contribution is 9.10. The highest BCUT2D eigenvalue weighted by Crippen LogP contribution is 2.37. The molecule has 2 aromatic carbocycles. The Morgan fingerprint density at radius 3 is 2.48 bits per heavy atom. The van der Waals surface area contributed by atoms with Gasteiger partial charge in [-0.25, -0.2) is 0 Å². The van der Waals surface area contributed by atoms with Gasteiger partial charge < -0.3 is 5.11 Å². The molecule has 2 aromatic rings. The third-order valence-electron chi connectivity index (χ3n) is 3.47. The minimum atomic E-state index is -0.416. The van der Waals surface area contributed by atoms with Crippen molar-refractivity contribution in [1.82, 2.24) is 4.90 Å². The van der Waals surface area contributed by atoms with Crippen LogP contribution in [0.2, 0.25) is 10.0 Å². The number of rotatable bonds is 3. The number of phenols is 1. The second-order valence-corrected chi connectivity index (χ2v) is 7.94. The first-order valence-electron chi connectivity index (χ1n) is 7.03. The smallest absolute Gasteiger partial charge is 0.293 e. The van der Waals surface area contributed by atoms with Crippen molar-refractivity contribution in [3.8, 4) is 5.75 Å². The molecule has 3 rings (SSSR count). The molecule has 0 atom stereocenters. The standard InChI is InChI=1S/C17H10BrCl2NO3S/c18-13-7-12(20)5-10(15(13)22)6-14-16(23)21(17(24)25-14)8-9-1-3-11(19)4-2-9/h1-7,22H,8H2/b14-6+. The topological polar surface area (TPSA) is 57.6 Å². The van der Waals surface area contributed by atoms with Gasteiger partial charge in [0.25, 0.3) is 11.1 Å². The molecular formula is C17H10BrCl2NO3S. The molecule has 2 amide bonds. The SMILES string of the molecule is O=C1S/C(=C/c2cc(Cl)cc(Br)c2O)C(=O)N1Cc1ccc(Cl)cc1. The van der Waals surface area contributed by atoms with Gasteiger partial charge in [-0.05, 0) is 63.6 Å². The number of phenolic OH excluding ortho intramolecular Hbond substituents is 1. The molecular weight excluding hydrogens is 449 g/mol. The number of carbonyl (C=O) groups is 2. The van der Waals surface area contributed by atoms with E-state index in [-0.39, 0.29) is 22.4 Å². The number of halogens is 3. The molecule has 0 aliphatic carbocycles. The van der Waals surface area contributed by atoms with Gasteiger partial charge in [-0.2, -0.15) is 0 Å². The number of hydrogen-bond acceptors (Lipinski definition) is 4. The van der Waals surface area contributed by atoms with Crippen LogP contribution in [0.3, 0.4) is 0 Å². The molecule has 4 nitrogen and oxygen atoms in total. The summed E-state index contributed by atoms with van der Waals surface area (Å²) in [4.78, 5) is 26.1. The van der Waals surface area contributed by atoms with Gasteiger partial charge in [0.05, 0.1) is 15.9 Å². The zero-order chi connectivity index (χ0) is 18.1. The van der Waals surface area contributed by atoms with Gasteiger partial charge in [-0.1, -0.05) is 35.3 Å². The van der Waals surface area contributed by atoms with Crippen LogP contribution in [0.25, 0.3) is 6.08 Å². The highest BCUT2D eigenvalue weighted by Gasteiger charge is 2.35. The molecule has 0 bridgehead atoms. The van der Waals surface area contributed by atoms with Crippen LogP contribution in [0.4, 0.5) is 4.79 Å². The second kappa shape index (κ2) is 7.41. The lowest BCUT2D eigenvalue weighted by atomic mass is 10.1. The number of hydrogen-bond donors (Lipinski definition) is 1. The Kier molecular flexibility index (Phi) is 5.43. The van der Waals surface area contributed by atoms with Crippen LogP contribution in [-0.2, 0) is 11.3 Å². The summed E-state index contributed by atoms with van der Waals surface area (Å²) in [6.07, 6.45) is 1.46. The summed E-state index contributed by atoms with van der Waals surface area (Å²) in [5.41, 5.74) is 1.15. The molecule has 1 aliphatic heterocycles. The third kappa shape index (κ3) is 4.03. The first kappa shape index (κ1) is 18.3. The summed E-state index contributed by atoms with van der Waals surface area (Å²) in [6, 6.07) is 9.99. The molecule has 0 radical (unpaired) electrons. The summed E-state index contributed by atoms with van der Waals surface area (Å²) in [6.45, 7) is 0.157. The number of thioether (sulfide) groups is 1. The third-order valence-corrected chi connectivity index (χ3v) is 5.45. The molecule has 25 heavy (non-hydrogen) atoms. The van der Waals surface area contributed by atoms with Crippen LogP contribution >= 0.6 is 50.9 Å². The van der Waals surface area contributed by atoms with Crippen molar-refractivity contribution in [2.24, 2.45) is 0 Å². The summed E-state index contributed by atoms with van der Waals surface area (Å²) in [7, 11) is 0. The lowest BCUT2D eigenvalue weighted by Gasteiger charge is -2.12. The number of nitrogens with zero attached hydrogens (tertiary/aromatic N) is 1. The van der Waals surface area contributed by atoms with Crippen LogP contribution in [0.5, 0.6) is 5.75 Å². The molecule has 0 unspecified atom stereocenters. The van der Waals surface area contributed by atoms with E-state index in [1.165, 1.54) is 12.1 Å². The van der Waals surface area contributed by atoms with Gasteiger partial charge in [0.1, 0.15) is 5.75 Å². The van der Waals surface area contributed by atoms with Crippen molar-refractivity contribution in [3.63, 3.8) is 0 Å². The molecule has 1 saturated heterocycles. The average molecular weight is 459 g/mol. The largest absolute Gasteiger partial charge is 0.506 e. The molecule has 8 heteroatoms. The fraction of sp³-hybridized carbons (Fsp3) is 0.0588. The van der Waals surface area contributed by atoms with E-state index in [2.05, 4.69) is 15.9 Å². The van der Waals surface area contributed by atoms with Gasteiger partial charge in [-0.3, -0.25) is 14.5 Å². The number of carbonyl (C=O) groups excluding carboxylic acids is 2. The second-order valence-electron chi connectivity index (χ2n) is 5.22. The Morgan fingerprint density at radius 1 is 1.12 bits per heavy atom. The predicted octanol–water partition coefficient (Wildman–Crippen LogP) is 5.70. The molecule has 1 heterocycles. The van der Waals surface area contributed by atoms with Crippen LogP contribution in [0.1, 0.15) is 11.1 Å². The maximum absolute atomic E-state index is 12.5. The van der Waals surface area contributed by atoms with Crippen molar-refractivity contribution in [3.05, 3.63) is 66.9 Å². The number of imide groups is 1. The van der Waals surface area contributed by atoms with Crippen molar-refractivity contribution in [1.29, 1.82) is 0 Å².